The number of nitrogens with zero attached hydrogens (tertiary/aromatic N) is 2. The molecule has 1 aliphatic heterocycles. The van der Waals surface area contributed by atoms with Crippen molar-refractivity contribution in [2.45, 2.75) is 46.1 Å². The second kappa shape index (κ2) is 12.0. The molecule has 176 valence electrons. The molecule has 8 heteroatoms. The van der Waals surface area contributed by atoms with Gasteiger partial charge in [0.1, 0.15) is 0 Å². The van der Waals surface area contributed by atoms with Crippen LogP contribution in [0.5, 0.6) is 0 Å². The molecule has 4 amide bonds. The van der Waals surface area contributed by atoms with Gasteiger partial charge in [-0.05, 0) is 74.1 Å². The number of carbonyl (C=O) groups excluding carboxylic acids is 3. The summed E-state index contributed by atoms with van der Waals surface area (Å²) in [5.74, 6) is -0.377. The van der Waals surface area contributed by atoms with Gasteiger partial charge in [0.15, 0.2) is 0 Å². The van der Waals surface area contributed by atoms with Gasteiger partial charge >= 0.3 is 6.03 Å². The minimum atomic E-state index is -0.232. The largest absolute Gasteiger partial charge is 0.356 e. The molecule has 1 fully saturated rings. The number of anilines is 1. The maximum atomic E-state index is 12.9. The van der Waals surface area contributed by atoms with Crippen LogP contribution in [0.1, 0.15) is 42.4 Å². The first-order valence-corrected chi connectivity index (χ1v) is 11.5. The zero-order valence-electron chi connectivity index (χ0n) is 19.4. The van der Waals surface area contributed by atoms with E-state index in [1.54, 1.807) is 17.3 Å². The minimum absolute atomic E-state index is 0.0357. The van der Waals surface area contributed by atoms with Crippen LogP contribution >= 0.6 is 0 Å². The Labute approximate surface area is 195 Å². The molecule has 1 aromatic heterocycles. The molecule has 33 heavy (non-hydrogen) atoms. The lowest BCUT2D eigenvalue weighted by atomic mass is 9.98. The van der Waals surface area contributed by atoms with Gasteiger partial charge in [-0.3, -0.25) is 14.6 Å². The molecule has 1 aromatic carbocycles. The van der Waals surface area contributed by atoms with Crippen molar-refractivity contribution in [2.75, 3.05) is 25.0 Å². The Hall–Kier alpha value is -3.42. The SMILES string of the molecule is Cc1ccc(NC(=O)N2CCCC(C(=O)NCc3ccncc3)CCNC(=O)CC2)cc1C. The van der Waals surface area contributed by atoms with Gasteiger partial charge in [0.25, 0.3) is 0 Å². The van der Waals surface area contributed by atoms with Crippen molar-refractivity contribution in [3.8, 4) is 0 Å². The number of amides is 4. The van der Waals surface area contributed by atoms with Crippen LogP contribution in [0, 0.1) is 19.8 Å². The molecular formula is C25H33N5O3. The van der Waals surface area contributed by atoms with Gasteiger partial charge in [-0.2, -0.15) is 0 Å². The number of rotatable bonds is 4. The molecule has 3 rings (SSSR count). The van der Waals surface area contributed by atoms with Crippen LogP contribution in [0.3, 0.4) is 0 Å². The van der Waals surface area contributed by atoms with Gasteiger partial charge in [0.05, 0.1) is 0 Å². The molecule has 0 spiro atoms. The van der Waals surface area contributed by atoms with Gasteiger partial charge in [0.2, 0.25) is 11.8 Å². The van der Waals surface area contributed by atoms with Crippen LogP contribution in [0.25, 0.3) is 0 Å². The fourth-order valence-electron chi connectivity index (χ4n) is 3.82. The third-order valence-electron chi connectivity index (χ3n) is 6.04. The van der Waals surface area contributed by atoms with E-state index in [-0.39, 0.29) is 30.2 Å². The summed E-state index contributed by atoms with van der Waals surface area (Å²) in [6, 6.07) is 9.29. The first-order chi connectivity index (χ1) is 15.9. The molecule has 0 saturated carbocycles. The Kier molecular flexibility index (Phi) is 8.80. The molecule has 0 bridgehead atoms. The zero-order valence-corrected chi connectivity index (χ0v) is 19.4. The topological polar surface area (TPSA) is 103 Å². The first kappa shape index (κ1) is 24.2. The van der Waals surface area contributed by atoms with E-state index >= 15 is 0 Å². The van der Waals surface area contributed by atoms with Crippen molar-refractivity contribution in [3.05, 3.63) is 59.4 Å². The monoisotopic (exact) mass is 451 g/mol. The summed E-state index contributed by atoms with van der Waals surface area (Å²) in [5.41, 5.74) is 3.98. The maximum absolute atomic E-state index is 12.9. The number of carbonyl (C=O) groups is 3. The maximum Gasteiger partial charge on any atom is 0.321 e. The summed E-state index contributed by atoms with van der Waals surface area (Å²) in [4.78, 5) is 43.6. The highest BCUT2D eigenvalue weighted by atomic mass is 16.2. The smallest absolute Gasteiger partial charge is 0.321 e. The van der Waals surface area contributed by atoms with E-state index in [1.165, 1.54) is 0 Å². The van der Waals surface area contributed by atoms with E-state index in [1.807, 2.05) is 44.2 Å². The molecule has 0 aliphatic carbocycles. The van der Waals surface area contributed by atoms with Crippen molar-refractivity contribution >= 4 is 23.5 Å². The lowest BCUT2D eigenvalue weighted by Gasteiger charge is -2.23. The number of pyridine rings is 1. The van der Waals surface area contributed by atoms with E-state index in [9.17, 15) is 14.4 Å². The average molecular weight is 452 g/mol. The summed E-state index contributed by atoms with van der Waals surface area (Å²) in [6.07, 6.45) is 5.53. The Morgan fingerprint density at radius 3 is 2.64 bits per heavy atom. The van der Waals surface area contributed by atoms with Crippen LogP contribution in [0.15, 0.2) is 42.7 Å². The van der Waals surface area contributed by atoms with Crippen molar-refractivity contribution in [3.63, 3.8) is 0 Å². The normalized spacial score (nSPS) is 17.5. The summed E-state index contributed by atoms with van der Waals surface area (Å²) in [5, 5.41) is 8.80. The van der Waals surface area contributed by atoms with Crippen LogP contribution in [-0.4, -0.2) is 47.4 Å². The number of aryl methyl sites for hydroxylation is 2. The van der Waals surface area contributed by atoms with Gasteiger partial charge in [-0.15, -0.1) is 0 Å². The van der Waals surface area contributed by atoms with Crippen LogP contribution in [0.2, 0.25) is 0 Å². The lowest BCUT2D eigenvalue weighted by Crippen LogP contribution is -2.38. The van der Waals surface area contributed by atoms with Gasteiger partial charge in [-0.1, -0.05) is 6.07 Å². The molecule has 2 aromatic rings. The Morgan fingerprint density at radius 2 is 1.88 bits per heavy atom. The van der Waals surface area contributed by atoms with E-state index in [0.29, 0.717) is 45.4 Å². The number of hydrogen-bond donors (Lipinski definition) is 3. The van der Waals surface area contributed by atoms with Crippen LogP contribution in [0.4, 0.5) is 10.5 Å². The molecule has 1 saturated heterocycles. The van der Waals surface area contributed by atoms with Crippen molar-refractivity contribution in [2.24, 2.45) is 5.92 Å². The molecular weight excluding hydrogens is 418 g/mol. The van der Waals surface area contributed by atoms with Gasteiger partial charge in [0, 0.05) is 56.6 Å². The molecule has 1 unspecified atom stereocenters. The highest BCUT2D eigenvalue weighted by Gasteiger charge is 2.22. The fourth-order valence-corrected chi connectivity index (χ4v) is 3.82. The van der Waals surface area contributed by atoms with Crippen LogP contribution < -0.4 is 16.0 Å². The zero-order chi connectivity index (χ0) is 23.6. The molecule has 0 radical (unpaired) electrons. The Bertz CT molecular complexity index is 964. The molecule has 1 atom stereocenters. The first-order valence-electron chi connectivity index (χ1n) is 11.5. The van der Waals surface area contributed by atoms with E-state index in [2.05, 4.69) is 20.9 Å². The second-order valence-electron chi connectivity index (χ2n) is 8.52. The van der Waals surface area contributed by atoms with Crippen molar-refractivity contribution in [1.29, 1.82) is 0 Å². The average Bonchev–Trinajstić information content (AvgIpc) is 2.85. The van der Waals surface area contributed by atoms with Crippen molar-refractivity contribution in [1.82, 2.24) is 20.5 Å². The van der Waals surface area contributed by atoms with E-state index in [0.717, 1.165) is 22.4 Å². The molecule has 8 nitrogen and oxygen atoms in total. The summed E-state index contributed by atoms with van der Waals surface area (Å²) < 4.78 is 0. The standard InChI is InChI=1S/C25H33N5O3/c1-18-5-6-22(16-19(18)2)29-25(33)30-14-3-4-21(9-13-27-23(31)10-15-30)24(32)28-17-20-7-11-26-12-8-20/h5-8,11-12,16,21H,3-4,9-10,13-15,17H2,1-2H3,(H,27,31)(H,28,32)(H,29,33). The summed E-state index contributed by atoms with van der Waals surface area (Å²) in [7, 11) is 0. The number of hydrogen-bond acceptors (Lipinski definition) is 4. The van der Waals surface area contributed by atoms with Crippen LogP contribution in [-0.2, 0) is 16.1 Å². The predicted octanol–water partition coefficient (Wildman–Crippen LogP) is 3.16. The number of aromatic nitrogens is 1. The molecule has 2 heterocycles. The summed E-state index contributed by atoms with van der Waals surface area (Å²) >= 11 is 0. The van der Waals surface area contributed by atoms with E-state index in [4.69, 9.17) is 0 Å². The Morgan fingerprint density at radius 1 is 1.09 bits per heavy atom. The third kappa shape index (κ3) is 7.59. The number of urea groups is 1. The molecule has 1 aliphatic rings. The van der Waals surface area contributed by atoms with Gasteiger partial charge in [-0.25, -0.2) is 4.79 Å². The van der Waals surface area contributed by atoms with Crippen molar-refractivity contribution < 1.29 is 14.4 Å². The number of nitrogens with one attached hydrogen (secondary N) is 3. The minimum Gasteiger partial charge on any atom is -0.356 e. The predicted molar refractivity (Wildman–Crippen MR) is 128 cm³/mol. The van der Waals surface area contributed by atoms with Gasteiger partial charge < -0.3 is 20.9 Å². The molecule has 3 N–H and O–H groups in total. The third-order valence-corrected chi connectivity index (χ3v) is 6.04. The highest BCUT2D eigenvalue weighted by Crippen LogP contribution is 2.17. The highest BCUT2D eigenvalue weighted by molar-refractivity contribution is 5.90. The Balaban J connectivity index is 1.59. The summed E-state index contributed by atoms with van der Waals surface area (Å²) in [6.45, 7) is 5.73. The second-order valence-corrected chi connectivity index (χ2v) is 8.52. The quantitative estimate of drug-likeness (QED) is 0.664. The van der Waals surface area contributed by atoms with E-state index < -0.39 is 0 Å². The fraction of sp³-hybridized carbons (Fsp3) is 0.440. The lowest BCUT2D eigenvalue weighted by molar-refractivity contribution is -0.126. The number of benzene rings is 1.